The first-order chi connectivity index (χ1) is 34.0. The van der Waals surface area contributed by atoms with Crippen LogP contribution < -0.4 is 0 Å². The summed E-state index contributed by atoms with van der Waals surface area (Å²) >= 11 is 0. The maximum absolute atomic E-state index is 10.8. The first-order valence-corrected chi connectivity index (χ1v) is 33.9. The summed E-state index contributed by atoms with van der Waals surface area (Å²) < 4.78 is 74.1. The van der Waals surface area contributed by atoms with Gasteiger partial charge in [0.15, 0.2) is 0 Å². The molecule has 11 heteroatoms. The molecule has 0 aliphatic heterocycles. The maximum atomic E-state index is 10.8. The van der Waals surface area contributed by atoms with Crippen LogP contribution >= 0.6 is 0 Å². The second-order valence-electron chi connectivity index (χ2n) is 21.8. The van der Waals surface area contributed by atoms with Crippen molar-refractivity contribution in [2.24, 2.45) is 11.8 Å². The van der Waals surface area contributed by atoms with Gasteiger partial charge in [0, 0.05) is 0 Å². The topological polar surface area (TPSA) is 133 Å². The average Bonchev–Trinajstić information content (AvgIpc) is 3.32. The van der Waals surface area contributed by atoms with Gasteiger partial charge in [-0.05, 0) is 37.5 Å². The maximum Gasteiger partial charge on any atom is 2.00 e. The summed E-state index contributed by atoms with van der Waals surface area (Å²) in [6.07, 6.45) is 68.0. The minimum Gasteiger partial charge on any atom is -0.726 e. The van der Waals surface area contributed by atoms with Crippen LogP contribution in [0.4, 0.5) is 0 Å². The Morgan fingerprint density at radius 2 is 0.380 bits per heavy atom. The van der Waals surface area contributed by atoms with Gasteiger partial charge >= 0.3 is 37.7 Å². The fourth-order valence-corrected chi connectivity index (χ4v) is 10.8. The van der Waals surface area contributed by atoms with Crippen molar-refractivity contribution in [2.75, 3.05) is 13.2 Å². The molecule has 2 unspecified atom stereocenters. The number of hydrogen-bond acceptors (Lipinski definition) is 8. The molecule has 424 valence electrons. The minimum atomic E-state index is -4.57. The van der Waals surface area contributed by atoms with Crippen molar-refractivity contribution in [3.63, 3.8) is 0 Å². The second kappa shape index (κ2) is 61.8. The summed E-state index contributed by atoms with van der Waals surface area (Å²) in [4.78, 5) is 0. The van der Waals surface area contributed by atoms with Crippen molar-refractivity contribution < 1.29 is 34.3 Å². The monoisotopic (exact) mass is 1070 g/mol. The third kappa shape index (κ3) is 71.0. The van der Waals surface area contributed by atoms with E-state index >= 15 is 0 Å². The number of hydrogen-bond donors (Lipinski definition) is 0. The van der Waals surface area contributed by atoms with E-state index in [0.717, 1.165) is 51.4 Å². The van der Waals surface area contributed by atoms with Gasteiger partial charge in [0.2, 0.25) is 20.8 Å². The van der Waals surface area contributed by atoms with Crippen molar-refractivity contribution in [1.29, 1.82) is 0 Å². The summed E-state index contributed by atoms with van der Waals surface area (Å²) in [5.74, 6) is 0.400. The van der Waals surface area contributed by atoms with Crippen molar-refractivity contribution in [3.05, 3.63) is 0 Å². The van der Waals surface area contributed by atoms with Crippen LogP contribution in [-0.2, 0) is 29.2 Å². The van der Waals surface area contributed by atoms with Crippen molar-refractivity contribution in [2.45, 2.75) is 362 Å². The molecule has 0 heterocycles. The van der Waals surface area contributed by atoms with Gasteiger partial charge in [-0.1, -0.05) is 336 Å². The Balaban J connectivity index is -0.00000128. The van der Waals surface area contributed by atoms with E-state index in [0.29, 0.717) is 0 Å². The Morgan fingerprint density at radius 3 is 0.507 bits per heavy atom. The van der Waals surface area contributed by atoms with Crippen LogP contribution in [-0.4, -0.2) is 76.9 Å². The van der Waals surface area contributed by atoms with E-state index < -0.39 is 20.8 Å². The molecule has 0 aromatic heterocycles. The Bertz CT molecular complexity index is 1110. The standard InChI is InChI=1S/2C30H62O4S.Ca/c2*1-3-5-7-9-10-11-12-13-14-15-16-17-18-19-20-21-22-24-26-28-30(29-34-35(31,32)33)27-25-23-8-6-4-2;/h2*30H,3-29H2,1-2H3,(H,31,32,33);/q;;+2/p-2. The van der Waals surface area contributed by atoms with Gasteiger partial charge in [-0.15, -0.1) is 0 Å². The van der Waals surface area contributed by atoms with Gasteiger partial charge in [0.05, 0.1) is 13.2 Å². The molecule has 0 bridgehead atoms. The molecule has 0 rings (SSSR count). The predicted molar refractivity (Wildman–Crippen MR) is 307 cm³/mol. The average molecular weight is 1080 g/mol. The Kier molecular flexibility index (Phi) is 66.4. The van der Waals surface area contributed by atoms with E-state index in [1.54, 1.807) is 0 Å². The molecule has 0 fully saturated rings. The van der Waals surface area contributed by atoms with Crippen LogP contribution in [0.1, 0.15) is 362 Å². The van der Waals surface area contributed by atoms with Gasteiger partial charge in [0.25, 0.3) is 0 Å². The van der Waals surface area contributed by atoms with E-state index in [9.17, 15) is 25.9 Å². The molecule has 0 aromatic carbocycles. The second-order valence-corrected chi connectivity index (χ2v) is 23.9. The first kappa shape index (κ1) is 76.2. The predicted octanol–water partition coefficient (Wildman–Crippen LogP) is 20.1. The summed E-state index contributed by atoms with van der Waals surface area (Å²) in [5, 5.41) is 0. The van der Waals surface area contributed by atoms with Gasteiger partial charge in [-0.25, -0.2) is 16.8 Å². The minimum absolute atomic E-state index is 0. The molecule has 71 heavy (non-hydrogen) atoms. The van der Waals surface area contributed by atoms with Crippen LogP contribution in [0.3, 0.4) is 0 Å². The largest absolute Gasteiger partial charge is 2.00 e. The quantitative estimate of drug-likeness (QED) is 0.0254. The molecule has 0 radical (unpaired) electrons. The zero-order chi connectivity index (χ0) is 51.8. The Morgan fingerprint density at radius 1 is 0.254 bits per heavy atom. The summed E-state index contributed by atoms with van der Waals surface area (Å²) in [7, 11) is -9.14. The van der Waals surface area contributed by atoms with Crippen molar-refractivity contribution in [3.8, 4) is 0 Å². The fourth-order valence-electron chi connectivity index (χ4n) is 10.1. The van der Waals surface area contributed by atoms with Crippen LogP contribution in [0.15, 0.2) is 0 Å². The zero-order valence-corrected chi connectivity index (χ0v) is 52.0. The van der Waals surface area contributed by atoms with E-state index in [4.69, 9.17) is 0 Å². The molecule has 0 saturated heterocycles. The summed E-state index contributed by atoms with van der Waals surface area (Å²) in [6.45, 7) is 9.11. The fraction of sp³-hybridized carbons (Fsp3) is 1.00. The van der Waals surface area contributed by atoms with E-state index in [1.165, 1.54) is 283 Å². The Hall–Kier alpha value is 1.000. The van der Waals surface area contributed by atoms with Crippen LogP contribution in [0.5, 0.6) is 0 Å². The zero-order valence-electron chi connectivity index (χ0n) is 48.1. The SMILES string of the molecule is CCCCCCCCCCCCCCCCCCCCCC(CCCCCCC)COS(=O)(=O)[O-].CCCCCCCCCCCCCCCCCCCCCC(CCCCCCC)COS(=O)(=O)[O-].[Ca+2]. The molecule has 8 nitrogen and oxygen atoms in total. The van der Waals surface area contributed by atoms with Crippen LogP contribution in [0.25, 0.3) is 0 Å². The molecule has 2 atom stereocenters. The number of rotatable bonds is 58. The normalized spacial score (nSPS) is 12.7. The molecular formula is C60H122CaO8S2. The first-order valence-electron chi connectivity index (χ1n) is 31.2. The third-order valence-electron chi connectivity index (χ3n) is 14.8. The van der Waals surface area contributed by atoms with Gasteiger partial charge in [0.1, 0.15) is 0 Å². The molecule has 0 N–H and O–H groups in total. The molecule has 0 amide bonds. The molecule has 0 saturated carbocycles. The third-order valence-corrected chi connectivity index (χ3v) is 15.6. The van der Waals surface area contributed by atoms with E-state index in [2.05, 4.69) is 36.1 Å². The smallest absolute Gasteiger partial charge is 0.726 e. The van der Waals surface area contributed by atoms with Crippen molar-refractivity contribution >= 4 is 58.5 Å². The van der Waals surface area contributed by atoms with E-state index in [-0.39, 0.29) is 62.8 Å². The molecule has 0 aliphatic rings. The molecular weight excluding hydrogens is 953 g/mol. The molecule has 0 aromatic rings. The van der Waals surface area contributed by atoms with Crippen LogP contribution in [0.2, 0.25) is 0 Å². The molecule has 0 aliphatic carbocycles. The van der Waals surface area contributed by atoms with Gasteiger partial charge in [-0.3, -0.25) is 8.37 Å². The van der Waals surface area contributed by atoms with Gasteiger partial charge in [-0.2, -0.15) is 0 Å². The summed E-state index contributed by atoms with van der Waals surface area (Å²) in [5.41, 5.74) is 0. The van der Waals surface area contributed by atoms with Gasteiger partial charge < -0.3 is 9.11 Å². The number of unbranched alkanes of at least 4 members (excludes halogenated alkanes) is 44. The van der Waals surface area contributed by atoms with E-state index in [1.807, 2.05) is 0 Å². The Labute approximate surface area is 475 Å². The summed E-state index contributed by atoms with van der Waals surface area (Å²) in [6, 6.07) is 0. The molecule has 0 spiro atoms. The van der Waals surface area contributed by atoms with Crippen LogP contribution in [0, 0.1) is 11.8 Å². The van der Waals surface area contributed by atoms with Crippen molar-refractivity contribution in [1.82, 2.24) is 0 Å².